The Balaban J connectivity index is 2.62. The number of Topliss-reactive ketones (excluding diaryl/α,β-unsaturated/α-hetero) is 1. The Bertz CT molecular complexity index is 704. The zero-order valence-corrected chi connectivity index (χ0v) is 15.4. The summed E-state index contributed by atoms with van der Waals surface area (Å²) in [5.74, 6) is -0.986. The Labute approximate surface area is 151 Å². The molecule has 9 heteroatoms. The molecule has 0 spiro atoms. The zero-order valence-electron chi connectivity index (χ0n) is 15.4. The molecule has 9 nitrogen and oxygen atoms in total. The number of carbonyl (C=O) groups is 3. The molecule has 1 rings (SSSR count). The largest absolute Gasteiger partial charge is 0.444 e. The van der Waals surface area contributed by atoms with Gasteiger partial charge < -0.3 is 15.4 Å². The number of nitro benzene ring substituents is 1. The number of hydrogen-bond acceptors (Lipinski definition) is 6. The van der Waals surface area contributed by atoms with Crippen molar-refractivity contribution in [1.82, 2.24) is 10.6 Å². The minimum absolute atomic E-state index is 0.131. The van der Waals surface area contributed by atoms with Crippen LogP contribution in [0.3, 0.4) is 0 Å². The van der Waals surface area contributed by atoms with Crippen LogP contribution in [-0.2, 0) is 9.53 Å². The van der Waals surface area contributed by atoms with Gasteiger partial charge in [0.1, 0.15) is 11.1 Å². The Morgan fingerprint density at radius 1 is 1.08 bits per heavy atom. The molecule has 0 aliphatic carbocycles. The predicted octanol–water partition coefficient (Wildman–Crippen LogP) is 2.20. The van der Waals surface area contributed by atoms with Gasteiger partial charge in [0.15, 0.2) is 5.78 Å². The molecule has 2 N–H and O–H groups in total. The summed E-state index contributed by atoms with van der Waals surface area (Å²) in [5.41, 5.74) is -1.90. The fraction of sp³-hybridized carbons (Fsp3) is 0.471. The van der Waals surface area contributed by atoms with E-state index in [2.05, 4.69) is 10.6 Å². The van der Waals surface area contributed by atoms with Crippen molar-refractivity contribution in [2.75, 3.05) is 6.54 Å². The van der Waals surface area contributed by atoms with Gasteiger partial charge in [-0.1, -0.05) is 0 Å². The number of non-ortho nitro benzene ring substituents is 1. The minimum atomic E-state index is -1.29. The van der Waals surface area contributed by atoms with E-state index in [0.717, 1.165) is 0 Å². The Kier molecular flexibility index (Phi) is 6.44. The molecular weight excluding hydrogens is 342 g/mol. The molecule has 0 atom stereocenters. The summed E-state index contributed by atoms with van der Waals surface area (Å²) in [6, 6.07) is 5.06. The van der Waals surface area contributed by atoms with Gasteiger partial charge in [-0.05, 0) is 46.8 Å². The number of nitrogens with zero attached hydrogens (tertiary/aromatic N) is 1. The molecule has 142 valence electrons. The van der Waals surface area contributed by atoms with Crippen LogP contribution in [0.25, 0.3) is 0 Å². The molecule has 0 aromatic heterocycles. The summed E-state index contributed by atoms with van der Waals surface area (Å²) in [4.78, 5) is 46.1. The topological polar surface area (TPSA) is 128 Å². The summed E-state index contributed by atoms with van der Waals surface area (Å²) in [6.07, 6.45) is -0.751. The Morgan fingerprint density at radius 2 is 1.62 bits per heavy atom. The average Bonchev–Trinajstić information content (AvgIpc) is 2.49. The average molecular weight is 365 g/mol. The molecule has 0 unspecified atom stereocenters. The molecule has 0 aliphatic heterocycles. The number of benzene rings is 1. The fourth-order valence-electron chi connectivity index (χ4n) is 1.87. The van der Waals surface area contributed by atoms with Gasteiger partial charge in [0.25, 0.3) is 5.69 Å². The standard InChI is InChI=1S/C17H23N3O6/c1-16(2,3)26-15(23)19-17(4,5)14(22)18-10-13(21)11-6-8-12(9-7-11)20(24)25/h6-9H,10H2,1-5H3,(H,18,22)(H,19,23). The summed E-state index contributed by atoms with van der Waals surface area (Å²) in [5, 5.41) is 15.5. The first-order valence-corrected chi connectivity index (χ1v) is 7.89. The summed E-state index contributed by atoms with van der Waals surface area (Å²) in [7, 11) is 0. The van der Waals surface area contributed by atoms with Crippen molar-refractivity contribution >= 4 is 23.5 Å². The van der Waals surface area contributed by atoms with Crippen molar-refractivity contribution in [1.29, 1.82) is 0 Å². The SMILES string of the molecule is CC(C)(C)OC(=O)NC(C)(C)C(=O)NCC(=O)c1ccc([N+](=O)[O-])cc1. The number of ketones is 1. The van der Waals surface area contributed by atoms with Gasteiger partial charge in [-0.25, -0.2) is 4.79 Å². The maximum absolute atomic E-state index is 12.2. The number of nitrogens with one attached hydrogen (secondary N) is 2. The highest BCUT2D eigenvalue weighted by Crippen LogP contribution is 2.13. The highest BCUT2D eigenvalue weighted by molar-refractivity contribution is 6.00. The van der Waals surface area contributed by atoms with Crippen LogP contribution in [-0.4, -0.2) is 40.4 Å². The summed E-state index contributed by atoms with van der Waals surface area (Å²) in [6.45, 7) is 7.73. The summed E-state index contributed by atoms with van der Waals surface area (Å²) < 4.78 is 5.10. The molecule has 0 fully saturated rings. The van der Waals surface area contributed by atoms with Gasteiger partial charge in [-0.2, -0.15) is 0 Å². The van der Waals surface area contributed by atoms with Crippen molar-refractivity contribution in [2.45, 2.75) is 45.8 Å². The third-order valence-electron chi connectivity index (χ3n) is 3.19. The van der Waals surface area contributed by atoms with Crippen LogP contribution in [0.2, 0.25) is 0 Å². The lowest BCUT2D eigenvalue weighted by molar-refractivity contribution is -0.384. The van der Waals surface area contributed by atoms with E-state index in [1.165, 1.54) is 38.1 Å². The molecule has 0 bridgehead atoms. The van der Waals surface area contributed by atoms with Crippen molar-refractivity contribution in [2.24, 2.45) is 0 Å². The number of nitro groups is 1. The fourth-order valence-corrected chi connectivity index (χ4v) is 1.87. The van der Waals surface area contributed by atoms with Crippen LogP contribution >= 0.6 is 0 Å². The molecular formula is C17H23N3O6. The normalized spacial score (nSPS) is 11.4. The van der Waals surface area contributed by atoms with Crippen LogP contribution in [0.5, 0.6) is 0 Å². The van der Waals surface area contributed by atoms with Gasteiger partial charge in [0.05, 0.1) is 11.5 Å². The van der Waals surface area contributed by atoms with Crippen LogP contribution < -0.4 is 10.6 Å². The van der Waals surface area contributed by atoms with Crippen molar-refractivity contribution < 1.29 is 24.0 Å². The van der Waals surface area contributed by atoms with E-state index < -0.39 is 33.8 Å². The molecule has 0 radical (unpaired) electrons. The number of rotatable bonds is 6. The quantitative estimate of drug-likeness (QED) is 0.452. The zero-order chi connectivity index (χ0) is 20.1. The third kappa shape index (κ3) is 6.50. The van der Waals surface area contributed by atoms with E-state index in [1.54, 1.807) is 20.8 Å². The molecule has 1 aromatic carbocycles. The van der Waals surface area contributed by atoms with Gasteiger partial charge in [0, 0.05) is 17.7 Å². The first-order valence-electron chi connectivity index (χ1n) is 7.89. The molecule has 0 saturated carbocycles. The Morgan fingerprint density at radius 3 is 2.08 bits per heavy atom. The molecule has 1 aromatic rings. The van der Waals surface area contributed by atoms with Gasteiger partial charge in [-0.15, -0.1) is 0 Å². The van der Waals surface area contributed by atoms with Gasteiger partial charge in [-0.3, -0.25) is 19.7 Å². The van der Waals surface area contributed by atoms with E-state index in [-0.39, 0.29) is 17.8 Å². The van der Waals surface area contributed by atoms with Gasteiger partial charge >= 0.3 is 6.09 Å². The van der Waals surface area contributed by atoms with E-state index in [0.29, 0.717) is 0 Å². The van der Waals surface area contributed by atoms with Crippen LogP contribution in [0.1, 0.15) is 45.0 Å². The maximum Gasteiger partial charge on any atom is 0.408 e. The van der Waals surface area contributed by atoms with E-state index in [1.807, 2.05) is 0 Å². The number of amides is 2. The second-order valence-corrected chi connectivity index (χ2v) is 7.16. The van der Waals surface area contributed by atoms with Crippen molar-refractivity contribution in [3.05, 3.63) is 39.9 Å². The van der Waals surface area contributed by atoms with E-state index in [9.17, 15) is 24.5 Å². The lowest BCUT2D eigenvalue weighted by Gasteiger charge is -2.27. The Hall–Kier alpha value is -2.97. The first kappa shape index (κ1) is 21.1. The lowest BCUT2D eigenvalue weighted by atomic mass is 10.0. The van der Waals surface area contributed by atoms with Gasteiger partial charge in [0.2, 0.25) is 5.91 Å². The number of alkyl carbamates (subject to hydrolysis) is 1. The first-order chi connectivity index (χ1) is 11.8. The number of hydrogen-bond donors (Lipinski definition) is 2. The molecule has 2 amide bonds. The highest BCUT2D eigenvalue weighted by atomic mass is 16.6. The van der Waals surface area contributed by atoms with E-state index in [4.69, 9.17) is 4.74 Å². The molecule has 0 heterocycles. The minimum Gasteiger partial charge on any atom is -0.444 e. The van der Waals surface area contributed by atoms with Crippen LogP contribution in [0.15, 0.2) is 24.3 Å². The highest BCUT2D eigenvalue weighted by Gasteiger charge is 2.31. The smallest absolute Gasteiger partial charge is 0.408 e. The van der Waals surface area contributed by atoms with Crippen molar-refractivity contribution in [3.8, 4) is 0 Å². The van der Waals surface area contributed by atoms with Crippen LogP contribution in [0.4, 0.5) is 10.5 Å². The number of carbonyl (C=O) groups excluding carboxylic acids is 3. The second kappa shape index (κ2) is 7.94. The molecule has 0 saturated heterocycles. The van der Waals surface area contributed by atoms with E-state index >= 15 is 0 Å². The number of ether oxygens (including phenoxy) is 1. The summed E-state index contributed by atoms with van der Waals surface area (Å²) >= 11 is 0. The lowest BCUT2D eigenvalue weighted by Crippen LogP contribution is -2.56. The molecule has 26 heavy (non-hydrogen) atoms. The predicted molar refractivity (Wildman–Crippen MR) is 93.9 cm³/mol. The van der Waals surface area contributed by atoms with Crippen molar-refractivity contribution in [3.63, 3.8) is 0 Å². The monoisotopic (exact) mass is 365 g/mol. The van der Waals surface area contributed by atoms with Crippen LogP contribution in [0, 0.1) is 10.1 Å². The second-order valence-electron chi connectivity index (χ2n) is 7.16. The third-order valence-corrected chi connectivity index (χ3v) is 3.19. The maximum atomic E-state index is 12.2. The molecule has 0 aliphatic rings.